The van der Waals surface area contributed by atoms with Crippen LogP contribution in [0, 0.1) is 0 Å². The van der Waals surface area contributed by atoms with Crippen molar-refractivity contribution in [2.45, 2.75) is 13.3 Å². The van der Waals surface area contributed by atoms with Crippen LogP contribution in [-0.2, 0) is 9.53 Å². The Balaban J connectivity index is 2.36. The molecule has 2 nitrogen and oxygen atoms in total. The topological polar surface area (TPSA) is 26.3 Å². The van der Waals surface area contributed by atoms with Gasteiger partial charge in [-0.3, -0.25) is 0 Å². The van der Waals surface area contributed by atoms with Gasteiger partial charge in [-0.05, 0) is 12.0 Å². The number of hydrogen-bond acceptors (Lipinski definition) is 2. The highest BCUT2D eigenvalue weighted by Crippen LogP contribution is 2.00. The number of ether oxygens (including phenoxy) is 1. The Morgan fingerprint density at radius 2 is 2.00 bits per heavy atom. The summed E-state index contributed by atoms with van der Waals surface area (Å²) in [7, 11) is 0. The van der Waals surface area contributed by atoms with E-state index in [1.807, 2.05) is 49.4 Å². The van der Waals surface area contributed by atoms with E-state index in [4.69, 9.17) is 4.74 Å². The Bertz CT molecular complexity index is 364. The Hall–Kier alpha value is -1.83. The van der Waals surface area contributed by atoms with E-state index in [9.17, 15) is 4.79 Å². The zero-order valence-corrected chi connectivity index (χ0v) is 9.43. The highest BCUT2D eigenvalue weighted by Gasteiger charge is 1.92. The maximum absolute atomic E-state index is 11.1. The fourth-order valence-electron chi connectivity index (χ4n) is 1.12. The minimum atomic E-state index is -0.292. The van der Waals surface area contributed by atoms with Gasteiger partial charge in [-0.2, -0.15) is 0 Å². The molecule has 84 valence electrons. The Morgan fingerprint density at radius 1 is 1.25 bits per heavy atom. The fraction of sp³-hybridized carbons (Fsp3) is 0.214. The third-order valence-corrected chi connectivity index (χ3v) is 1.88. The van der Waals surface area contributed by atoms with Gasteiger partial charge in [0.25, 0.3) is 0 Å². The first-order valence-corrected chi connectivity index (χ1v) is 5.39. The van der Waals surface area contributed by atoms with E-state index < -0.39 is 0 Å². The van der Waals surface area contributed by atoms with E-state index >= 15 is 0 Å². The Kier molecular flexibility index (Phi) is 5.71. The largest absolute Gasteiger partial charge is 0.463 e. The molecule has 0 aliphatic heterocycles. The van der Waals surface area contributed by atoms with Crippen LogP contribution >= 0.6 is 0 Å². The lowest BCUT2D eigenvalue weighted by Crippen LogP contribution is -2.00. The van der Waals surface area contributed by atoms with Crippen molar-refractivity contribution in [1.82, 2.24) is 0 Å². The molecule has 0 radical (unpaired) electrons. The molecular formula is C14H16O2. The third-order valence-electron chi connectivity index (χ3n) is 1.88. The number of allylic oxidation sites excluding steroid dienone is 2. The summed E-state index contributed by atoms with van der Waals surface area (Å²) in [4.78, 5) is 11.1. The number of carbonyl (C=O) groups excluding carboxylic acids is 1. The van der Waals surface area contributed by atoms with Crippen molar-refractivity contribution in [3.8, 4) is 0 Å². The number of benzene rings is 1. The first-order valence-electron chi connectivity index (χ1n) is 5.39. The monoisotopic (exact) mass is 216 g/mol. The van der Waals surface area contributed by atoms with Crippen LogP contribution < -0.4 is 0 Å². The van der Waals surface area contributed by atoms with E-state index in [0.29, 0.717) is 6.61 Å². The zero-order valence-electron chi connectivity index (χ0n) is 9.43. The van der Waals surface area contributed by atoms with Crippen LogP contribution in [0.1, 0.15) is 18.9 Å². The van der Waals surface area contributed by atoms with Gasteiger partial charge in [-0.25, -0.2) is 4.79 Å². The molecule has 0 aliphatic rings. The van der Waals surface area contributed by atoms with Crippen molar-refractivity contribution in [2.24, 2.45) is 0 Å². The number of hydrogen-bond donors (Lipinski definition) is 0. The molecule has 0 atom stereocenters. The molecule has 0 saturated heterocycles. The summed E-state index contributed by atoms with van der Waals surface area (Å²) < 4.78 is 4.88. The normalized spacial score (nSPS) is 11.1. The first kappa shape index (κ1) is 12.2. The summed E-state index contributed by atoms with van der Waals surface area (Å²) in [6.45, 7) is 2.44. The molecule has 0 spiro atoms. The predicted molar refractivity (Wildman–Crippen MR) is 65.9 cm³/mol. The van der Waals surface area contributed by atoms with Gasteiger partial charge in [0.15, 0.2) is 0 Å². The average Bonchev–Trinajstić information content (AvgIpc) is 2.33. The summed E-state index contributed by atoms with van der Waals surface area (Å²) in [6.07, 6.45) is 7.71. The van der Waals surface area contributed by atoms with Crippen molar-refractivity contribution >= 4 is 12.0 Å². The van der Waals surface area contributed by atoms with Crippen LogP contribution in [0.2, 0.25) is 0 Å². The van der Waals surface area contributed by atoms with E-state index in [1.165, 1.54) is 6.08 Å². The molecule has 0 unspecified atom stereocenters. The van der Waals surface area contributed by atoms with Crippen LogP contribution in [0.5, 0.6) is 0 Å². The standard InChI is InChI=1S/C14H16O2/c1-2-12-16-14(15)11-7-6-10-13-8-4-3-5-9-13/h3-11H,2,12H2,1H3. The molecule has 1 aromatic rings. The van der Waals surface area contributed by atoms with Crippen molar-refractivity contribution in [1.29, 1.82) is 0 Å². The molecule has 0 fully saturated rings. The molecule has 1 rings (SSSR count). The molecule has 16 heavy (non-hydrogen) atoms. The maximum atomic E-state index is 11.1. The van der Waals surface area contributed by atoms with E-state index in [0.717, 1.165) is 12.0 Å². The fourth-order valence-corrected chi connectivity index (χ4v) is 1.12. The molecule has 0 N–H and O–H groups in total. The minimum Gasteiger partial charge on any atom is -0.463 e. The van der Waals surface area contributed by atoms with Crippen LogP contribution in [-0.4, -0.2) is 12.6 Å². The smallest absolute Gasteiger partial charge is 0.330 e. The van der Waals surface area contributed by atoms with Gasteiger partial charge in [-0.1, -0.05) is 55.5 Å². The number of carbonyl (C=O) groups is 1. The zero-order chi connectivity index (χ0) is 11.6. The van der Waals surface area contributed by atoms with Crippen LogP contribution in [0.25, 0.3) is 6.08 Å². The Labute approximate surface area is 96.2 Å². The second kappa shape index (κ2) is 7.46. The van der Waals surface area contributed by atoms with Crippen molar-refractivity contribution in [2.75, 3.05) is 6.61 Å². The molecule has 2 heteroatoms. The quantitative estimate of drug-likeness (QED) is 0.429. The van der Waals surface area contributed by atoms with E-state index in [-0.39, 0.29) is 5.97 Å². The lowest BCUT2D eigenvalue weighted by atomic mass is 10.2. The second-order valence-electron chi connectivity index (χ2n) is 3.30. The average molecular weight is 216 g/mol. The van der Waals surface area contributed by atoms with Gasteiger partial charge in [0, 0.05) is 6.08 Å². The summed E-state index contributed by atoms with van der Waals surface area (Å²) >= 11 is 0. The summed E-state index contributed by atoms with van der Waals surface area (Å²) in [5, 5.41) is 0. The highest BCUT2D eigenvalue weighted by atomic mass is 16.5. The molecule has 0 bridgehead atoms. The van der Waals surface area contributed by atoms with Crippen LogP contribution in [0.15, 0.2) is 48.6 Å². The first-order chi connectivity index (χ1) is 7.83. The Morgan fingerprint density at radius 3 is 2.69 bits per heavy atom. The van der Waals surface area contributed by atoms with Crippen molar-refractivity contribution in [3.05, 3.63) is 54.1 Å². The van der Waals surface area contributed by atoms with Gasteiger partial charge in [0.05, 0.1) is 6.61 Å². The number of rotatable bonds is 5. The minimum absolute atomic E-state index is 0.292. The third kappa shape index (κ3) is 5.15. The molecule has 0 saturated carbocycles. The summed E-state index contributed by atoms with van der Waals surface area (Å²) in [6, 6.07) is 9.91. The van der Waals surface area contributed by atoms with Crippen molar-refractivity contribution < 1.29 is 9.53 Å². The van der Waals surface area contributed by atoms with Gasteiger partial charge >= 0.3 is 5.97 Å². The van der Waals surface area contributed by atoms with Gasteiger partial charge in [0.2, 0.25) is 0 Å². The van der Waals surface area contributed by atoms with Gasteiger partial charge in [0.1, 0.15) is 0 Å². The molecule has 0 heterocycles. The van der Waals surface area contributed by atoms with E-state index in [2.05, 4.69) is 0 Å². The SMILES string of the molecule is CCCOC(=O)C=CC=Cc1ccccc1. The van der Waals surface area contributed by atoms with Crippen molar-refractivity contribution in [3.63, 3.8) is 0 Å². The lowest BCUT2D eigenvalue weighted by Gasteiger charge is -1.95. The molecule has 0 aromatic heterocycles. The van der Waals surface area contributed by atoms with Gasteiger partial charge in [-0.15, -0.1) is 0 Å². The molecule has 1 aromatic carbocycles. The lowest BCUT2D eigenvalue weighted by molar-refractivity contribution is -0.137. The van der Waals surface area contributed by atoms with Crippen LogP contribution in [0.3, 0.4) is 0 Å². The molecular weight excluding hydrogens is 200 g/mol. The summed E-state index contributed by atoms with van der Waals surface area (Å²) in [5.74, 6) is -0.292. The summed E-state index contributed by atoms with van der Waals surface area (Å²) in [5.41, 5.74) is 1.11. The molecule has 0 aliphatic carbocycles. The van der Waals surface area contributed by atoms with Crippen LogP contribution in [0.4, 0.5) is 0 Å². The maximum Gasteiger partial charge on any atom is 0.330 e. The number of esters is 1. The van der Waals surface area contributed by atoms with E-state index in [1.54, 1.807) is 6.08 Å². The molecule has 0 amide bonds. The predicted octanol–water partition coefficient (Wildman–Crippen LogP) is 3.21. The van der Waals surface area contributed by atoms with Gasteiger partial charge < -0.3 is 4.74 Å². The second-order valence-corrected chi connectivity index (χ2v) is 3.30. The highest BCUT2D eigenvalue weighted by molar-refractivity contribution is 5.82.